The molecule has 0 aliphatic carbocycles. The number of nitrogens with two attached hydrogens (primary N) is 1. The minimum atomic E-state index is -0.395. The van der Waals surface area contributed by atoms with E-state index in [1.54, 1.807) is 0 Å². The Morgan fingerprint density at radius 2 is 1.94 bits per heavy atom. The third-order valence-electron chi connectivity index (χ3n) is 3.42. The molecule has 98 valence electrons. The second-order valence-corrected chi connectivity index (χ2v) is 5.16. The molecule has 0 aromatic carbocycles. The number of rotatable bonds is 9. The zero-order valence-electron chi connectivity index (χ0n) is 11.5. The minimum absolute atomic E-state index is 0.0792. The summed E-state index contributed by atoms with van der Waals surface area (Å²) >= 11 is 0. The molecule has 0 spiro atoms. The van der Waals surface area contributed by atoms with E-state index in [2.05, 4.69) is 25.7 Å². The Labute approximate surface area is 101 Å². The molecule has 0 heterocycles. The monoisotopic (exact) mass is 230 g/mol. The third-order valence-corrected chi connectivity index (χ3v) is 3.42. The van der Waals surface area contributed by atoms with Crippen molar-refractivity contribution in [3.63, 3.8) is 0 Å². The summed E-state index contributed by atoms with van der Waals surface area (Å²) in [4.78, 5) is 2.51. The average Bonchev–Trinajstić information content (AvgIpc) is 2.28. The lowest BCUT2D eigenvalue weighted by molar-refractivity contribution is 0.185. The fraction of sp³-hybridized carbons (Fsp3) is 1.00. The van der Waals surface area contributed by atoms with E-state index in [0.717, 1.165) is 25.9 Å². The van der Waals surface area contributed by atoms with Gasteiger partial charge in [-0.05, 0) is 46.2 Å². The quantitative estimate of drug-likeness (QED) is 0.596. The Kier molecular flexibility index (Phi) is 7.98. The number of unbranched alkanes of at least 4 members (excludes halogenated alkanes) is 1. The Morgan fingerprint density at radius 3 is 2.38 bits per heavy atom. The topological polar surface area (TPSA) is 49.5 Å². The molecule has 0 aliphatic rings. The maximum atomic E-state index is 9.04. The molecular formula is C13H30N2O. The zero-order valence-corrected chi connectivity index (χ0v) is 11.5. The predicted molar refractivity (Wildman–Crippen MR) is 70.5 cm³/mol. The second-order valence-electron chi connectivity index (χ2n) is 5.16. The van der Waals surface area contributed by atoms with Crippen LogP contribution in [0.3, 0.4) is 0 Å². The molecule has 2 atom stereocenters. The van der Waals surface area contributed by atoms with Crippen molar-refractivity contribution in [3.8, 4) is 0 Å². The van der Waals surface area contributed by atoms with Crippen molar-refractivity contribution in [1.82, 2.24) is 4.90 Å². The Hall–Kier alpha value is -0.120. The van der Waals surface area contributed by atoms with Gasteiger partial charge < -0.3 is 15.7 Å². The third kappa shape index (κ3) is 6.46. The normalized spacial score (nSPS) is 17.4. The summed E-state index contributed by atoms with van der Waals surface area (Å²) in [5.74, 6) is 0. The van der Waals surface area contributed by atoms with Crippen LogP contribution in [0.2, 0.25) is 0 Å². The van der Waals surface area contributed by atoms with Gasteiger partial charge in [-0.3, -0.25) is 0 Å². The highest BCUT2D eigenvalue weighted by Crippen LogP contribution is 2.11. The Morgan fingerprint density at radius 1 is 1.31 bits per heavy atom. The lowest BCUT2D eigenvalue weighted by Crippen LogP contribution is -2.40. The first kappa shape index (κ1) is 15.9. The molecule has 3 heteroatoms. The van der Waals surface area contributed by atoms with Crippen molar-refractivity contribution >= 4 is 0 Å². The fourth-order valence-electron chi connectivity index (χ4n) is 1.87. The molecule has 0 fully saturated rings. The van der Waals surface area contributed by atoms with Gasteiger partial charge in [0.1, 0.15) is 0 Å². The van der Waals surface area contributed by atoms with E-state index >= 15 is 0 Å². The van der Waals surface area contributed by atoms with Crippen LogP contribution in [-0.2, 0) is 0 Å². The van der Waals surface area contributed by atoms with E-state index in [0.29, 0.717) is 6.04 Å². The van der Waals surface area contributed by atoms with Crippen LogP contribution in [0.1, 0.15) is 53.4 Å². The summed E-state index contributed by atoms with van der Waals surface area (Å²) < 4.78 is 0. The van der Waals surface area contributed by atoms with E-state index in [-0.39, 0.29) is 6.61 Å². The SMILES string of the molecule is CCC(C)N(CC)CCCCC(C)(N)CO. The molecule has 0 aromatic rings. The van der Waals surface area contributed by atoms with Gasteiger partial charge in [0.05, 0.1) is 6.61 Å². The van der Waals surface area contributed by atoms with E-state index in [4.69, 9.17) is 10.8 Å². The summed E-state index contributed by atoms with van der Waals surface area (Å²) in [5, 5.41) is 9.04. The van der Waals surface area contributed by atoms with Crippen LogP contribution < -0.4 is 5.73 Å². The summed E-state index contributed by atoms with van der Waals surface area (Å²) in [6, 6.07) is 0.673. The molecule has 0 radical (unpaired) electrons. The zero-order chi connectivity index (χ0) is 12.6. The Bertz CT molecular complexity index is 171. The number of hydrogen-bond acceptors (Lipinski definition) is 3. The van der Waals surface area contributed by atoms with E-state index in [1.807, 2.05) is 6.92 Å². The van der Waals surface area contributed by atoms with Crippen LogP contribution in [0.25, 0.3) is 0 Å². The van der Waals surface area contributed by atoms with Crippen LogP contribution in [0.15, 0.2) is 0 Å². The first-order valence-electron chi connectivity index (χ1n) is 6.60. The first-order valence-corrected chi connectivity index (χ1v) is 6.60. The highest BCUT2D eigenvalue weighted by atomic mass is 16.3. The summed E-state index contributed by atoms with van der Waals surface area (Å²) in [7, 11) is 0. The van der Waals surface area contributed by atoms with Gasteiger partial charge in [-0.25, -0.2) is 0 Å². The molecule has 16 heavy (non-hydrogen) atoms. The summed E-state index contributed by atoms with van der Waals surface area (Å²) in [5.41, 5.74) is 5.49. The molecular weight excluding hydrogens is 200 g/mol. The standard InChI is InChI=1S/C13H30N2O/c1-5-12(3)15(6-2)10-8-7-9-13(4,14)11-16/h12,16H,5-11,14H2,1-4H3. The predicted octanol–water partition coefficient (Wildman–Crippen LogP) is 1.99. The minimum Gasteiger partial charge on any atom is -0.394 e. The fourth-order valence-corrected chi connectivity index (χ4v) is 1.87. The van der Waals surface area contributed by atoms with Gasteiger partial charge in [-0.2, -0.15) is 0 Å². The smallest absolute Gasteiger partial charge is 0.0608 e. The van der Waals surface area contributed by atoms with Crippen LogP contribution in [0.5, 0.6) is 0 Å². The molecule has 2 unspecified atom stereocenters. The maximum absolute atomic E-state index is 9.04. The lowest BCUT2D eigenvalue weighted by Gasteiger charge is -2.27. The van der Waals surface area contributed by atoms with E-state index < -0.39 is 5.54 Å². The van der Waals surface area contributed by atoms with Crippen molar-refractivity contribution in [2.24, 2.45) is 5.73 Å². The molecule has 3 nitrogen and oxygen atoms in total. The van der Waals surface area contributed by atoms with Crippen molar-refractivity contribution in [2.75, 3.05) is 19.7 Å². The number of nitrogens with zero attached hydrogens (tertiary/aromatic N) is 1. The van der Waals surface area contributed by atoms with Crippen molar-refractivity contribution in [2.45, 2.75) is 65.0 Å². The molecule has 0 rings (SSSR count). The van der Waals surface area contributed by atoms with Gasteiger partial charge in [-0.1, -0.05) is 20.3 Å². The van der Waals surface area contributed by atoms with Gasteiger partial charge in [0, 0.05) is 11.6 Å². The van der Waals surface area contributed by atoms with Gasteiger partial charge >= 0.3 is 0 Å². The van der Waals surface area contributed by atoms with Gasteiger partial charge in [0.25, 0.3) is 0 Å². The summed E-state index contributed by atoms with van der Waals surface area (Å²) in [6.07, 6.45) is 4.38. The van der Waals surface area contributed by atoms with Crippen LogP contribution in [0.4, 0.5) is 0 Å². The molecule has 0 saturated heterocycles. The molecule has 0 bridgehead atoms. The average molecular weight is 230 g/mol. The highest BCUT2D eigenvalue weighted by Gasteiger charge is 2.16. The lowest BCUT2D eigenvalue weighted by atomic mass is 9.97. The molecule has 3 N–H and O–H groups in total. The number of hydrogen-bond donors (Lipinski definition) is 2. The molecule has 0 amide bonds. The first-order chi connectivity index (χ1) is 7.46. The Balaban J connectivity index is 3.71. The maximum Gasteiger partial charge on any atom is 0.0608 e. The molecule has 0 aromatic heterocycles. The second kappa shape index (κ2) is 8.04. The van der Waals surface area contributed by atoms with Crippen LogP contribution in [-0.4, -0.2) is 41.3 Å². The van der Waals surface area contributed by atoms with E-state index in [9.17, 15) is 0 Å². The van der Waals surface area contributed by atoms with Crippen molar-refractivity contribution in [3.05, 3.63) is 0 Å². The van der Waals surface area contributed by atoms with Gasteiger partial charge in [0.2, 0.25) is 0 Å². The van der Waals surface area contributed by atoms with Crippen LogP contribution >= 0.6 is 0 Å². The van der Waals surface area contributed by atoms with Crippen LogP contribution in [0, 0.1) is 0 Å². The molecule has 0 saturated carbocycles. The largest absolute Gasteiger partial charge is 0.394 e. The number of aliphatic hydroxyl groups excluding tert-OH is 1. The highest BCUT2D eigenvalue weighted by molar-refractivity contribution is 4.77. The van der Waals surface area contributed by atoms with Gasteiger partial charge in [0.15, 0.2) is 0 Å². The number of aliphatic hydroxyl groups is 1. The van der Waals surface area contributed by atoms with Crippen molar-refractivity contribution < 1.29 is 5.11 Å². The molecule has 0 aliphatic heterocycles. The van der Waals surface area contributed by atoms with Gasteiger partial charge in [-0.15, -0.1) is 0 Å². The van der Waals surface area contributed by atoms with Crippen molar-refractivity contribution in [1.29, 1.82) is 0 Å². The van der Waals surface area contributed by atoms with E-state index in [1.165, 1.54) is 12.8 Å². The summed E-state index contributed by atoms with van der Waals surface area (Å²) in [6.45, 7) is 11.0.